The van der Waals surface area contributed by atoms with Gasteiger partial charge in [0.25, 0.3) is 0 Å². The summed E-state index contributed by atoms with van der Waals surface area (Å²) in [4.78, 5) is 26.8. The summed E-state index contributed by atoms with van der Waals surface area (Å²) in [6.45, 7) is 9.70. The quantitative estimate of drug-likeness (QED) is 0.795. The van der Waals surface area contributed by atoms with E-state index in [-0.39, 0.29) is 23.8 Å². The number of piperidine rings is 1. The van der Waals surface area contributed by atoms with Crippen molar-refractivity contribution in [2.45, 2.75) is 71.4 Å². The molecule has 132 valence electrons. The molecule has 0 N–H and O–H groups in total. The first-order chi connectivity index (χ1) is 10.8. The van der Waals surface area contributed by atoms with Gasteiger partial charge in [-0.3, -0.25) is 4.79 Å². The number of carbonyl (C=O) groups is 2. The van der Waals surface area contributed by atoms with Crippen molar-refractivity contribution < 1.29 is 19.1 Å². The van der Waals surface area contributed by atoms with Crippen molar-refractivity contribution in [3.8, 4) is 0 Å². The number of ketones is 1. The third kappa shape index (κ3) is 5.20. The Morgan fingerprint density at radius 1 is 1.26 bits per heavy atom. The summed E-state index contributed by atoms with van der Waals surface area (Å²) in [6, 6.07) is -0.0309. The molecule has 3 unspecified atom stereocenters. The van der Waals surface area contributed by atoms with E-state index in [4.69, 9.17) is 9.47 Å². The number of likely N-dealkylation sites (tertiary alicyclic amines) is 1. The SMILES string of the molecule is CCC1CCN(C(=O)OC(C)(C)C)C(CC(=O)C2CCOC2)C1. The maximum Gasteiger partial charge on any atom is 0.410 e. The molecular weight excluding hydrogens is 294 g/mol. The molecule has 2 aliphatic heterocycles. The van der Waals surface area contributed by atoms with Gasteiger partial charge in [-0.25, -0.2) is 4.79 Å². The number of ether oxygens (including phenoxy) is 2. The highest BCUT2D eigenvalue weighted by Crippen LogP contribution is 2.30. The fraction of sp³-hybridized carbons (Fsp3) is 0.889. The molecule has 2 heterocycles. The van der Waals surface area contributed by atoms with Crippen LogP contribution in [0.2, 0.25) is 0 Å². The highest BCUT2D eigenvalue weighted by Gasteiger charge is 2.36. The Labute approximate surface area is 139 Å². The minimum absolute atomic E-state index is 0.0116. The van der Waals surface area contributed by atoms with Crippen molar-refractivity contribution in [1.82, 2.24) is 4.90 Å². The molecule has 5 nitrogen and oxygen atoms in total. The molecule has 0 saturated carbocycles. The van der Waals surface area contributed by atoms with E-state index in [0.717, 1.165) is 25.7 Å². The van der Waals surface area contributed by atoms with Crippen LogP contribution < -0.4 is 0 Å². The number of hydrogen-bond donors (Lipinski definition) is 0. The van der Waals surface area contributed by atoms with Crippen molar-refractivity contribution in [3.63, 3.8) is 0 Å². The smallest absolute Gasteiger partial charge is 0.410 e. The highest BCUT2D eigenvalue weighted by atomic mass is 16.6. The maximum atomic E-state index is 12.5. The molecule has 23 heavy (non-hydrogen) atoms. The van der Waals surface area contributed by atoms with Crippen LogP contribution in [0.3, 0.4) is 0 Å². The van der Waals surface area contributed by atoms with E-state index < -0.39 is 5.60 Å². The van der Waals surface area contributed by atoms with E-state index in [1.54, 1.807) is 4.90 Å². The standard InChI is InChI=1S/C18H31NO4/c1-5-13-6-8-19(17(21)23-18(2,3)4)15(10-13)11-16(20)14-7-9-22-12-14/h13-15H,5-12H2,1-4H3. The molecule has 2 fully saturated rings. The molecule has 0 aromatic carbocycles. The largest absolute Gasteiger partial charge is 0.444 e. The van der Waals surface area contributed by atoms with E-state index in [2.05, 4.69) is 6.92 Å². The van der Waals surface area contributed by atoms with Gasteiger partial charge in [0.05, 0.1) is 6.61 Å². The summed E-state index contributed by atoms with van der Waals surface area (Å²) < 4.78 is 10.9. The lowest BCUT2D eigenvalue weighted by Crippen LogP contribution is -2.49. The van der Waals surface area contributed by atoms with Crippen molar-refractivity contribution >= 4 is 11.9 Å². The molecule has 0 radical (unpaired) electrons. The zero-order chi connectivity index (χ0) is 17.0. The van der Waals surface area contributed by atoms with Gasteiger partial charge in [-0.05, 0) is 46.0 Å². The first-order valence-electron chi connectivity index (χ1n) is 8.90. The molecule has 5 heteroatoms. The lowest BCUT2D eigenvalue weighted by atomic mass is 9.85. The zero-order valence-electron chi connectivity index (χ0n) is 15.0. The summed E-state index contributed by atoms with van der Waals surface area (Å²) in [5.74, 6) is 0.835. The number of amides is 1. The second kappa shape index (κ2) is 7.65. The van der Waals surface area contributed by atoms with Gasteiger partial charge in [0.2, 0.25) is 0 Å². The Kier molecular flexibility index (Phi) is 6.06. The molecule has 2 aliphatic rings. The summed E-state index contributed by atoms with van der Waals surface area (Å²) in [6.07, 6.45) is 3.95. The van der Waals surface area contributed by atoms with E-state index in [9.17, 15) is 9.59 Å². The fourth-order valence-corrected chi connectivity index (χ4v) is 3.45. The number of hydrogen-bond acceptors (Lipinski definition) is 4. The van der Waals surface area contributed by atoms with E-state index in [0.29, 0.717) is 32.1 Å². The van der Waals surface area contributed by atoms with Crippen LogP contribution in [-0.2, 0) is 14.3 Å². The summed E-state index contributed by atoms with van der Waals surface area (Å²) in [5, 5.41) is 0. The predicted molar refractivity (Wildman–Crippen MR) is 88.3 cm³/mol. The average Bonchev–Trinajstić information content (AvgIpc) is 2.99. The topological polar surface area (TPSA) is 55.8 Å². The number of rotatable bonds is 4. The molecule has 0 aliphatic carbocycles. The van der Waals surface area contributed by atoms with Gasteiger partial charge in [0.15, 0.2) is 0 Å². The average molecular weight is 325 g/mol. The molecule has 2 rings (SSSR count). The van der Waals surface area contributed by atoms with Crippen LogP contribution in [0.4, 0.5) is 4.79 Å². The summed E-state index contributed by atoms with van der Waals surface area (Å²) >= 11 is 0. The number of carbonyl (C=O) groups excluding carboxylic acids is 2. The lowest BCUT2D eigenvalue weighted by molar-refractivity contribution is -0.124. The number of Topliss-reactive ketones (excluding diaryl/α,β-unsaturated/α-hetero) is 1. The van der Waals surface area contributed by atoms with Crippen LogP contribution in [0.15, 0.2) is 0 Å². The Morgan fingerprint density at radius 3 is 2.57 bits per heavy atom. The van der Waals surface area contributed by atoms with Gasteiger partial charge < -0.3 is 14.4 Å². The van der Waals surface area contributed by atoms with Crippen LogP contribution >= 0.6 is 0 Å². The molecule has 1 amide bonds. The highest BCUT2D eigenvalue weighted by molar-refractivity contribution is 5.82. The van der Waals surface area contributed by atoms with Gasteiger partial charge in [0, 0.05) is 31.5 Å². The summed E-state index contributed by atoms with van der Waals surface area (Å²) in [5.41, 5.74) is -0.507. The molecule has 0 bridgehead atoms. The molecular formula is C18H31NO4. The van der Waals surface area contributed by atoms with Gasteiger partial charge in [-0.2, -0.15) is 0 Å². The van der Waals surface area contributed by atoms with Gasteiger partial charge in [-0.15, -0.1) is 0 Å². The first-order valence-corrected chi connectivity index (χ1v) is 8.90. The Morgan fingerprint density at radius 2 is 2.00 bits per heavy atom. The van der Waals surface area contributed by atoms with Crippen LogP contribution in [0.1, 0.15) is 59.8 Å². The van der Waals surface area contributed by atoms with Crippen molar-refractivity contribution in [2.75, 3.05) is 19.8 Å². The Hall–Kier alpha value is -1.10. The Balaban J connectivity index is 2.02. The number of nitrogens with zero attached hydrogens (tertiary/aromatic N) is 1. The third-order valence-electron chi connectivity index (χ3n) is 4.85. The van der Waals surface area contributed by atoms with Gasteiger partial charge in [0.1, 0.15) is 11.4 Å². The predicted octanol–water partition coefficient (Wildman–Crippen LogP) is 3.41. The fourth-order valence-electron chi connectivity index (χ4n) is 3.45. The molecule has 0 spiro atoms. The molecule has 3 atom stereocenters. The maximum absolute atomic E-state index is 12.5. The van der Waals surface area contributed by atoms with Crippen molar-refractivity contribution in [3.05, 3.63) is 0 Å². The second-order valence-electron chi connectivity index (χ2n) is 7.86. The van der Waals surface area contributed by atoms with Crippen LogP contribution in [0.5, 0.6) is 0 Å². The molecule has 0 aromatic rings. The lowest BCUT2D eigenvalue weighted by Gasteiger charge is -2.40. The monoisotopic (exact) mass is 325 g/mol. The van der Waals surface area contributed by atoms with Crippen LogP contribution in [0, 0.1) is 11.8 Å². The molecule has 0 aromatic heterocycles. The molecule has 2 saturated heterocycles. The van der Waals surface area contributed by atoms with E-state index in [1.807, 2.05) is 20.8 Å². The minimum atomic E-state index is -0.507. The Bertz CT molecular complexity index is 423. The van der Waals surface area contributed by atoms with E-state index in [1.165, 1.54) is 0 Å². The summed E-state index contributed by atoms with van der Waals surface area (Å²) in [7, 11) is 0. The third-order valence-corrected chi connectivity index (χ3v) is 4.85. The van der Waals surface area contributed by atoms with E-state index >= 15 is 0 Å². The van der Waals surface area contributed by atoms with Gasteiger partial charge in [-0.1, -0.05) is 13.3 Å². The van der Waals surface area contributed by atoms with Gasteiger partial charge >= 0.3 is 6.09 Å². The van der Waals surface area contributed by atoms with Crippen LogP contribution in [-0.4, -0.2) is 48.2 Å². The van der Waals surface area contributed by atoms with Crippen molar-refractivity contribution in [1.29, 1.82) is 0 Å². The second-order valence-corrected chi connectivity index (χ2v) is 7.86. The zero-order valence-corrected chi connectivity index (χ0v) is 15.0. The first kappa shape index (κ1) is 18.2. The van der Waals surface area contributed by atoms with Crippen LogP contribution in [0.25, 0.3) is 0 Å². The normalized spacial score (nSPS) is 28.7. The van der Waals surface area contributed by atoms with Crippen molar-refractivity contribution in [2.24, 2.45) is 11.8 Å². The minimum Gasteiger partial charge on any atom is -0.444 e.